The molecular weight excluding hydrogens is 231 g/mol. The van der Waals surface area contributed by atoms with Crippen molar-refractivity contribution in [3.8, 4) is 0 Å². The zero-order valence-corrected chi connectivity index (χ0v) is 10.7. The number of hydrogen-bond acceptors (Lipinski definition) is 2. The number of benzene rings is 1. The Kier molecular flexibility index (Phi) is 4.18. The maximum absolute atomic E-state index is 12.8. The molecule has 1 heterocycles. The van der Waals surface area contributed by atoms with Crippen LogP contribution < -0.4 is 10.2 Å². The highest BCUT2D eigenvalue weighted by Gasteiger charge is 2.22. The molecule has 0 aliphatic carbocycles. The second-order valence-corrected chi connectivity index (χ2v) is 4.73. The van der Waals surface area contributed by atoms with Crippen LogP contribution in [0.15, 0.2) is 24.3 Å². The summed E-state index contributed by atoms with van der Waals surface area (Å²) in [5.74, 6) is 0.394. The molecule has 1 atom stereocenters. The average molecular weight is 250 g/mol. The van der Waals surface area contributed by atoms with Crippen molar-refractivity contribution >= 4 is 11.6 Å². The first-order chi connectivity index (χ1) is 8.69. The Morgan fingerprint density at radius 1 is 1.44 bits per heavy atom. The molecule has 0 saturated carbocycles. The predicted molar refractivity (Wildman–Crippen MR) is 70.0 cm³/mol. The number of rotatable bonds is 4. The molecule has 0 bridgehead atoms. The third-order valence-corrected chi connectivity index (χ3v) is 3.39. The summed E-state index contributed by atoms with van der Waals surface area (Å²) in [6.45, 7) is 4.49. The smallest absolute Gasteiger partial charge is 0.219 e. The van der Waals surface area contributed by atoms with Gasteiger partial charge in [-0.05, 0) is 36.6 Å². The van der Waals surface area contributed by atoms with Gasteiger partial charge in [0.05, 0.1) is 0 Å². The minimum absolute atomic E-state index is 0.107. The molecule has 1 unspecified atom stereocenters. The number of carbonyl (C=O) groups is 1. The zero-order chi connectivity index (χ0) is 13.0. The van der Waals surface area contributed by atoms with Gasteiger partial charge in [-0.1, -0.05) is 6.92 Å². The second-order valence-electron chi connectivity index (χ2n) is 4.73. The molecule has 1 aromatic rings. The molecule has 18 heavy (non-hydrogen) atoms. The van der Waals surface area contributed by atoms with E-state index in [-0.39, 0.29) is 11.7 Å². The number of nitrogens with zero attached hydrogens (tertiary/aromatic N) is 1. The van der Waals surface area contributed by atoms with E-state index >= 15 is 0 Å². The SMILES string of the molecule is CCC(=O)NCC1CCN(c2ccc(F)cc2)C1. The molecule has 2 rings (SSSR count). The van der Waals surface area contributed by atoms with E-state index in [9.17, 15) is 9.18 Å². The molecule has 1 aromatic carbocycles. The van der Waals surface area contributed by atoms with Crippen LogP contribution in [-0.2, 0) is 4.79 Å². The van der Waals surface area contributed by atoms with Crippen LogP contribution >= 0.6 is 0 Å². The highest BCUT2D eigenvalue weighted by Crippen LogP contribution is 2.23. The Morgan fingerprint density at radius 2 is 2.17 bits per heavy atom. The van der Waals surface area contributed by atoms with E-state index in [1.54, 1.807) is 0 Å². The lowest BCUT2D eigenvalue weighted by atomic mass is 10.1. The van der Waals surface area contributed by atoms with Gasteiger partial charge in [0, 0.05) is 31.7 Å². The molecule has 1 amide bonds. The van der Waals surface area contributed by atoms with Crippen molar-refractivity contribution in [1.82, 2.24) is 5.32 Å². The maximum Gasteiger partial charge on any atom is 0.219 e. The van der Waals surface area contributed by atoms with E-state index < -0.39 is 0 Å². The van der Waals surface area contributed by atoms with Gasteiger partial charge in [-0.2, -0.15) is 0 Å². The highest BCUT2D eigenvalue weighted by atomic mass is 19.1. The fourth-order valence-electron chi connectivity index (χ4n) is 2.27. The van der Waals surface area contributed by atoms with E-state index in [1.165, 1.54) is 12.1 Å². The number of nitrogens with one attached hydrogen (secondary N) is 1. The molecule has 98 valence electrons. The van der Waals surface area contributed by atoms with Gasteiger partial charge in [-0.15, -0.1) is 0 Å². The number of carbonyl (C=O) groups excluding carboxylic acids is 1. The van der Waals surface area contributed by atoms with Crippen LogP contribution in [0.2, 0.25) is 0 Å². The van der Waals surface area contributed by atoms with Gasteiger partial charge < -0.3 is 10.2 Å². The monoisotopic (exact) mass is 250 g/mol. The van der Waals surface area contributed by atoms with E-state index in [2.05, 4.69) is 10.2 Å². The fourth-order valence-corrected chi connectivity index (χ4v) is 2.27. The van der Waals surface area contributed by atoms with Gasteiger partial charge in [0.15, 0.2) is 0 Å². The molecule has 3 nitrogen and oxygen atoms in total. The molecule has 0 aromatic heterocycles. The van der Waals surface area contributed by atoms with Gasteiger partial charge in [-0.3, -0.25) is 4.79 Å². The Labute approximate surface area is 107 Å². The van der Waals surface area contributed by atoms with Crippen molar-refractivity contribution in [2.75, 3.05) is 24.5 Å². The van der Waals surface area contributed by atoms with Crippen molar-refractivity contribution < 1.29 is 9.18 Å². The lowest BCUT2D eigenvalue weighted by molar-refractivity contribution is -0.120. The van der Waals surface area contributed by atoms with Crippen LogP contribution in [0.5, 0.6) is 0 Å². The summed E-state index contributed by atoms with van der Waals surface area (Å²) in [5, 5.41) is 2.93. The molecule has 1 N–H and O–H groups in total. The number of amides is 1. The van der Waals surface area contributed by atoms with Crippen molar-refractivity contribution in [2.24, 2.45) is 5.92 Å². The number of hydrogen-bond donors (Lipinski definition) is 1. The predicted octanol–water partition coefficient (Wildman–Crippen LogP) is 2.18. The first kappa shape index (κ1) is 12.9. The summed E-state index contributed by atoms with van der Waals surface area (Å²) in [7, 11) is 0. The van der Waals surface area contributed by atoms with Crippen molar-refractivity contribution in [1.29, 1.82) is 0 Å². The lowest BCUT2D eigenvalue weighted by Gasteiger charge is -2.18. The molecule has 0 radical (unpaired) electrons. The third kappa shape index (κ3) is 3.22. The summed E-state index contributed by atoms with van der Waals surface area (Å²) in [6.07, 6.45) is 1.61. The minimum Gasteiger partial charge on any atom is -0.371 e. The molecule has 1 aliphatic heterocycles. The molecule has 0 spiro atoms. The first-order valence-electron chi connectivity index (χ1n) is 6.46. The van der Waals surface area contributed by atoms with Crippen molar-refractivity contribution in [3.63, 3.8) is 0 Å². The average Bonchev–Trinajstić information content (AvgIpc) is 2.85. The molecule has 1 fully saturated rings. The van der Waals surface area contributed by atoms with E-state index in [0.717, 1.165) is 31.7 Å². The summed E-state index contributed by atoms with van der Waals surface area (Å²) < 4.78 is 12.8. The normalized spacial score (nSPS) is 19.0. The standard InChI is InChI=1S/C14H19FN2O/c1-2-14(18)16-9-11-7-8-17(10-11)13-5-3-12(15)4-6-13/h3-6,11H,2,7-10H2,1H3,(H,16,18). The Balaban J connectivity index is 1.84. The maximum atomic E-state index is 12.8. The van der Waals surface area contributed by atoms with Gasteiger partial charge in [0.1, 0.15) is 5.82 Å². The highest BCUT2D eigenvalue weighted by molar-refractivity contribution is 5.75. The van der Waals surface area contributed by atoms with Crippen LogP contribution in [0.4, 0.5) is 10.1 Å². The molecule has 1 aliphatic rings. The van der Waals surface area contributed by atoms with Crippen LogP contribution in [0.1, 0.15) is 19.8 Å². The Bertz CT molecular complexity index is 405. The van der Waals surface area contributed by atoms with E-state index in [1.807, 2.05) is 19.1 Å². The minimum atomic E-state index is -0.204. The topological polar surface area (TPSA) is 32.3 Å². The largest absolute Gasteiger partial charge is 0.371 e. The van der Waals surface area contributed by atoms with Gasteiger partial charge in [-0.25, -0.2) is 4.39 Å². The third-order valence-electron chi connectivity index (χ3n) is 3.39. The first-order valence-corrected chi connectivity index (χ1v) is 6.46. The Hall–Kier alpha value is -1.58. The van der Waals surface area contributed by atoms with Gasteiger partial charge in [0.25, 0.3) is 0 Å². The Morgan fingerprint density at radius 3 is 2.83 bits per heavy atom. The van der Waals surface area contributed by atoms with Crippen LogP contribution in [0.3, 0.4) is 0 Å². The van der Waals surface area contributed by atoms with E-state index in [4.69, 9.17) is 0 Å². The molecule has 1 saturated heterocycles. The van der Waals surface area contributed by atoms with Crippen molar-refractivity contribution in [3.05, 3.63) is 30.1 Å². The lowest BCUT2D eigenvalue weighted by Crippen LogP contribution is -2.30. The van der Waals surface area contributed by atoms with Crippen molar-refractivity contribution in [2.45, 2.75) is 19.8 Å². The van der Waals surface area contributed by atoms with Crippen LogP contribution in [-0.4, -0.2) is 25.5 Å². The quantitative estimate of drug-likeness (QED) is 0.888. The zero-order valence-electron chi connectivity index (χ0n) is 10.7. The molecular formula is C14H19FN2O. The van der Waals surface area contributed by atoms with E-state index in [0.29, 0.717) is 12.3 Å². The number of halogens is 1. The summed E-state index contributed by atoms with van der Waals surface area (Å²) in [6, 6.07) is 6.59. The number of anilines is 1. The fraction of sp³-hybridized carbons (Fsp3) is 0.500. The summed E-state index contributed by atoms with van der Waals surface area (Å²) in [4.78, 5) is 13.4. The van der Waals surface area contributed by atoms with Crippen LogP contribution in [0.25, 0.3) is 0 Å². The molecule has 4 heteroatoms. The van der Waals surface area contributed by atoms with Gasteiger partial charge in [0.2, 0.25) is 5.91 Å². The van der Waals surface area contributed by atoms with Crippen LogP contribution in [0, 0.1) is 11.7 Å². The second kappa shape index (κ2) is 5.85. The van der Waals surface area contributed by atoms with Gasteiger partial charge >= 0.3 is 0 Å². The summed E-state index contributed by atoms with van der Waals surface area (Å²) >= 11 is 0. The summed E-state index contributed by atoms with van der Waals surface area (Å²) in [5.41, 5.74) is 1.06.